The maximum absolute atomic E-state index is 12.8. The molecule has 30 heavy (non-hydrogen) atoms. The van der Waals surface area contributed by atoms with E-state index in [1.165, 1.54) is 12.1 Å². The van der Waals surface area contributed by atoms with Crippen LogP contribution in [0, 0.1) is 13.8 Å². The quantitative estimate of drug-likeness (QED) is 0.671. The number of fused-ring (bicyclic) bond motifs is 1. The predicted octanol–water partition coefficient (Wildman–Crippen LogP) is 3.57. The zero-order valence-electron chi connectivity index (χ0n) is 16.8. The van der Waals surface area contributed by atoms with Crippen molar-refractivity contribution in [3.63, 3.8) is 0 Å². The first-order chi connectivity index (χ1) is 14.3. The first kappa shape index (κ1) is 20.0. The number of amidine groups is 1. The highest BCUT2D eigenvalue weighted by Gasteiger charge is 2.19. The van der Waals surface area contributed by atoms with Gasteiger partial charge >= 0.3 is 0 Å². The lowest BCUT2D eigenvalue weighted by atomic mass is 10.1. The van der Waals surface area contributed by atoms with Crippen LogP contribution >= 0.6 is 0 Å². The highest BCUT2D eigenvalue weighted by atomic mass is 32.2. The number of hydrogen-bond acceptors (Lipinski definition) is 5. The molecule has 0 bridgehead atoms. The molecule has 7 nitrogen and oxygen atoms in total. The Morgan fingerprint density at radius 3 is 2.67 bits per heavy atom. The number of carbonyl (C=O) groups excluding carboxylic acids is 1. The molecule has 1 aromatic heterocycles. The summed E-state index contributed by atoms with van der Waals surface area (Å²) >= 11 is 0. The molecule has 0 atom stereocenters. The molecule has 8 heteroatoms. The van der Waals surface area contributed by atoms with Gasteiger partial charge in [-0.05, 0) is 56.2 Å². The summed E-state index contributed by atoms with van der Waals surface area (Å²) in [4.78, 5) is 21.6. The Kier molecular flexibility index (Phi) is 5.26. The third-order valence-electron chi connectivity index (χ3n) is 4.94. The number of carbonyl (C=O) groups is 1. The van der Waals surface area contributed by atoms with Crippen molar-refractivity contribution in [1.29, 1.82) is 0 Å². The lowest BCUT2D eigenvalue weighted by Crippen LogP contribution is -2.29. The molecule has 0 aliphatic carbocycles. The Morgan fingerprint density at radius 2 is 1.90 bits per heavy atom. The van der Waals surface area contributed by atoms with Gasteiger partial charge in [0.1, 0.15) is 5.84 Å². The van der Waals surface area contributed by atoms with Crippen molar-refractivity contribution >= 4 is 38.4 Å². The Bertz CT molecular complexity index is 1280. The average molecular weight is 423 g/mol. The van der Waals surface area contributed by atoms with E-state index >= 15 is 0 Å². The number of benzene rings is 2. The summed E-state index contributed by atoms with van der Waals surface area (Å²) < 4.78 is 27.7. The summed E-state index contributed by atoms with van der Waals surface area (Å²) in [6.07, 6.45) is 1.45. The van der Waals surface area contributed by atoms with Gasteiger partial charge in [0, 0.05) is 24.0 Å². The van der Waals surface area contributed by atoms with Crippen LogP contribution in [-0.2, 0) is 10.0 Å². The van der Waals surface area contributed by atoms with E-state index in [1.807, 2.05) is 25.1 Å². The summed E-state index contributed by atoms with van der Waals surface area (Å²) in [5, 5.41) is 3.65. The van der Waals surface area contributed by atoms with Crippen LogP contribution < -0.4 is 10.0 Å². The molecule has 2 aromatic carbocycles. The molecule has 0 unspecified atom stereocenters. The highest BCUT2D eigenvalue weighted by Crippen LogP contribution is 2.21. The highest BCUT2D eigenvalue weighted by molar-refractivity contribution is 7.90. The molecule has 3 aromatic rings. The van der Waals surface area contributed by atoms with Crippen LogP contribution in [0.5, 0.6) is 0 Å². The van der Waals surface area contributed by atoms with Gasteiger partial charge < -0.3 is 5.32 Å². The van der Waals surface area contributed by atoms with Crippen molar-refractivity contribution in [2.75, 3.05) is 11.9 Å². The molecule has 1 aliphatic heterocycles. The number of aromatic nitrogens is 1. The van der Waals surface area contributed by atoms with Crippen LogP contribution in [0.3, 0.4) is 0 Å². The van der Waals surface area contributed by atoms with Crippen molar-refractivity contribution in [3.8, 4) is 0 Å². The molecule has 1 amide bonds. The Labute approximate surface area is 175 Å². The van der Waals surface area contributed by atoms with Crippen LogP contribution in [0.15, 0.2) is 58.4 Å². The van der Waals surface area contributed by atoms with Gasteiger partial charge in [0.15, 0.2) is 0 Å². The first-order valence-electron chi connectivity index (χ1n) is 9.67. The van der Waals surface area contributed by atoms with Crippen molar-refractivity contribution in [2.24, 2.45) is 4.99 Å². The normalized spacial score (nSPS) is 13.9. The van der Waals surface area contributed by atoms with E-state index in [9.17, 15) is 13.2 Å². The van der Waals surface area contributed by atoms with E-state index < -0.39 is 10.0 Å². The number of rotatable bonds is 4. The van der Waals surface area contributed by atoms with E-state index in [0.29, 0.717) is 35.7 Å². The van der Waals surface area contributed by atoms with Gasteiger partial charge in [0.2, 0.25) is 0 Å². The maximum Gasteiger partial charge on any atom is 0.262 e. The fourth-order valence-electron chi connectivity index (χ4n) is 3.38. The topological polar surface area (TPSA) is 101 Å². The molecule has 1 aliphatic rings. The van der Waals surface area contributed by atoms with Crippen LogP contribution in [0.4, 0.5) is 5.69 Å². The minimum absolute atomic E-state index is 0.0683. The van der Waals surface area contributed by atoms with Crippen LogP contribution in [0.1, 0.15) is 34.5 Å². The number of anilines is 1. The second kappa shape index (κ2) is 7.87. The van der Waals surface area contributed by atoms with Crippen molar-refractivity contribution < 1.29 is 13.2 Å². The molecule has 2 heterocycles. The second-order valence-corrected chi connectivity index (χ2v) is 9.02. The summed E-state index contributed by atoms with van der Waals surface area (Å²) in [7, 11) is -3.75. The predicted molar refractivity (Wildman–Crippen MR) is 117 cm³/mol. The monoisotopic (exact) mass is 422 g/mol. The van der Waals surface area contributed by atoms with Gasteiger partial charge in [0.25, 0.3) is 15.9 Å². The van der Waals surface area contributed by atoms with Gasteiger partial charge in [-0.15, -0.1) is 0 Å². The molecule has 0 saturated heterocycles. The van der Waals surface area contributed by atoms with E-state index in [0.717, 1.165) is 22.9 Å². The van der Waals surface area contributed by atoms with Crippen LogP contribution in [0.2, 0.25) is 0 Å². The van der Waals surface area contributed by atoms with Gasteiger partial charge in [0.05, 0.1) is 21.7 Å². The molecular formula is C22H22N4O3S. The summed E-state index contributed by atoms with van der Waals surface area (Å²) in [5.41, 5.74) is 3.37. The number of aryl methyl sites for hydroxylation is 2. The van der Waals surface area contributed by atoms with Gasteiger partial charge in [-0.2, -0.15) is 0 Å². The van der Waals surface area contributed by atoms with Gasteiger partial charge in [-0.3, -0.25) is 19.5 Å². The summed E-state index contributed by atoms with van der Waals surface area (Å²) in [6.45, 7) is 4.41. The number of nitrogens with one attached hydrogen (secondary N) is 2. The van der Waals surface area contributed by atoms with Crippen molar-refractivity contribution in [3.05, 3.63) is 65.4 Å². The molecule has 0 spiro atoms. The molecule has 0 radical (unpaired) electrons. The minimum atomic E-state index is -3.75. The molecule has 154 valence electrons. The minimum Gasteiger partial charge on any atom is -0.322 e. The standard InChI is InChI=1S/C22H22N4O3S/c1-14-8-9-16-12-19(15(2)24-20(16)11-14)22(27)25-17-5-3-6-18(13-17)30(28,29)26-21-7-4-10-23-21/h3,5-6,8-9,11-13H,4,7,10H2,1-2H3,(H,23,26)(H,25,27). The van der Waals surface area contributed by atoms with Crippen molar-refractivity contribution in [1.82, 2.24) is 9.71 Å². The molecule has 0 fully saturated rings. The molecule has 0 saturated carbocycles. The van der Waals surface area contributed by atoms with E-state index in [-0.39, 0.29) is 10.8 Å². The summed E-state index contributed by atoms with van der Waals surface area (Å²) in [6, 6.07) is 13.8. The second-order valence-electron chi connectivity index (χ2n) is 7.34. The van der Waals surface area contributed by atoms with Gasteiger partial charge in [-0.25, -0.2) is 8.42 Å². The van der Waals surface area contributed by atoms with E-state index in [2.05, 4.69) is 20.0 Å². The number of amides is 1. The van der Waals surface area contributed by atoms with Crippen LogP contribution in [0.25, 0.3) is 10.9 Å². The lowest BCUT2D eigenvalue weighted by molar-refractivity contribution is 0.102. The molecular weight excluding hydrogens is 400 g/mol. The fourth-order valence-corrected chi connectivity index (χ4v) is 4.51. The number of hydrogen-bond donors (Lipinski definition) is 2. The average Bonchev–Trinajstić information content (AvgIpc) is 3.20. The Balaban J connectivity index is 1.58. The number of aliphatic imine (C=N–C) groups is 1. The zero-order valence-corrected chi connectivity index (χ0v) is 17.6. The van der Waals surface area contributed by atoms with Crippen molar-refractivity contribution in [2.45, 2.75) is 31.6 Å². The SMILES string of the molecule is Cc1ccc2cc(C(=O)Nc3cccc(S(=O)(=O)NC4=NCCC4)c3)c(C)nc2c1. The Hall–Kier alpha value is -3.26. The Morgan fingerprint density at radius 1 is 1.07 bits per heavy atom. The van der Waals surface area contributed by atoms with Crippen LogP contribution in [-0.4, -0.2) is 31.7 Å². The lowest BCUT2D eigenvalue weighted by Gasteiger charge is -2.11. The number of sulfonamides is 1. The summed E-state index contributed by atoms with van der Waals surface area (Å²) in [5.74, 6) is 0.127. The number of pyridine rings is 1. The third kappa shape index (κ3) is 4.18. The van der Waals surface area contributed by atoms with E-state index in [4.69, 9.17) is 0 Å². The smallest absolute Gasteiger partial charge is 0.262 e. The zero-order chi connectivity index (χ0) is 21.3. The van der Waals surface area contributed by atoms with E-state index in [1.54, 1.807) is 25.1 Å². The largest absolute Gasteiger partial charge is 0.322 e. The molecule has 2 N–H and O–H groups in total. The third-order valence-corrected chi connectivity index (χ3v) is 6.32. The molecule has 4 rings (SSSR count). The maximum atomic E-state index is 12.8. The first-order valence-corrected chi connectivity index (χ1v) is 11.2. The van der Waals surface area contributed by atoms with Gasteiger partial charge in [-0.1, -0.05) is 18.2 Å². The fraction of sp³-hybridized carbons (Fsp3) is 0.227. The number of nitrogens with zero attached hydrogens (tertiary/aromatic N) is 2.